The molecule has 1 heterocycles. The summed E-state index contributed by atoms with van der Waals surface area (Å²) in [6.45, 7) is 5.54. The summed E-state index contributed by atoms with van der Waals surface area (Å²) in [4.78, 5) is 18.9. The topological polar surface area (TPSA) is 86.9 Å². The van der Waals surface area contributed by atoms with Gasteiger partial charge in [0.2, 0.25) is 23.4 Å². The van der Waals surface area contributed by atoms with Crippen LogP contribution in [0.1, 0.15) is 32.6 Å². The minimum absolute atomic E-state index is 0.200. The van der Waals surface area contributed by atoms with Gasteiger partial charge in [0.1, 0.15) is 0 Å². The molecule has 1 aliphatic carbocycles. The van der Waals surface area contributed by atoms with Gasteiger partial charge in [-0.05, 0) is 30.9 Å². The van der Waals surface area contributed by atoms with E-state index in [1.54, 1.807) is 33.5 Å². The number of carbonyl (C=O) groups is 1. The molecule has 1 saturated carbocycles. The molecule has 1 aromatic heterocycles. The number of nitrogens with zero attached hydrogens (tertiary/aromatic N) is 3. The predicted octanol–water partition coefficient (Wildman–Crippen LogP) is 3.20. The highest BCUT2D eigenvalue weighted by Crippen LogP contribution is 2.40. The van der Waals surface area contributed by atoms with Gasteiger partial charge in [-0.3, -0.25) is 4.79 Å². The number of benzene rings is 1. The molecule has 0 radical (unpaired) electrons. The molecule has 0 spiro atoms. The molecule has 8 heteroatoms. The molecule has 158 valence electrons. The molecule has 29 heavy (non-hydrogen) atoms. The Morgan fingerprint density at radius 2 is 1.83 bits per heavy atom. The van der Waals surface area contributed by atoms with Crippen molar-refractivity contribution in [2.75, 3.05) is 34.4 Å². The Labute approximate surface area is 171 Å². The van der Waals surface area contributed by atoms with Gasteiger partial charge in [-0.1, -0.05) is 19.0 Å². The van der Waals surface area contributed by atoms with Gasteiger partial charge in [0, 0.05) is 31.0 Å². The average Bonchev–Trinajstić information content (AvgIpc) is 3.46. The summed E-state index contributed by atoms with van der Waals surface area (Å²) in [5.74, 6) is 3.32. The molecule has 0 unspecified atom stereocenters. The van der Waals surface area contributed by atoms with Crippen LogP contribution in [0.2, 0.25) is 0 Å². The van der Waals surface area contributed by atoms with Gasteiger partial charge < -0.3 is 23.6 Å². The van der Waals surface area contributed by atoms with Crippen LogP contribution in [-0.2, 0) is 11.2 Å². The van der Waals surface area contributed by atoms with Crippen molar-refractivity contribution in [3.05, 3.63) is 18.0 Å². The molecule has 0 bridgehead atoms. The van der Waals surface area contributed by atoms with E-state index in [-0.39, 0.29) is 11.8 Å². The maximum atomic E-state index is 12.5. The van der Waals surface area contributed by atoms with E-state index in [9.17, 15) is 4.79 Å². The summed E-state index contributed by atoms with van der Waals surface area (Å²) in [6.07, 6.45) is 2.52. The van der Waals surface area contributed by atoms with Crippen LogP contribution < -0.4 is 14.2 Å². The average molecular weight is 403 g/mol. The molecular formula is C21H29N3O5. The van der Waals surface area contributed by atoms with Gasteiger partial charge in [0.15, 0.2) is 11.5 Å². The minimum atomic E-state index is 0.200. The van der Waals surface area contributed by atoms with Crippen molar-refractivity contribution in [3.63, 3.8) is 0 Å². The predicted molar refractivity (Wildman–Crippen MR) is 107 cm³/mol. The van der Waals surface area contributed by atoms with Crippen molar-refractivity contribution < 1.29 is 23.5 Å². The van der Waals surface area contributed by atoms with Gasteiger partial charge in [-0.15, -0.1) is 0 Å². The molecular weight excluding hydrogens is 374 g/mol. The number of carbonyl (C=O) groups excluding carboxylic acids is 1. The second kappa shape index (κ2) is 9.15. The summed E-state index contributed by atoms with van der Waals surface area (Å²) in [7, 11) is 4.67. The fourth-order valence-electron chi connectivity index (χ4n) is 3.24. The van der Waals surface area contributed by atoms with Crippen molar-refractivity contribution in [3.8, 4) is 28.6 Å². The van der Waals surface area contributed by atoms with Crippen molar-refractivity contribution in [1.82, 2.24) is 15.0 Å². The second-order valence-electron chi connectivity index (χ2n) is 7.63. The lowest BCUT2D eigenvalue weighted by molar-refractivity contribution is -0.133. The standard InChI is InChI=1S/C21H29N3O5/c1-13(2)12-24(21(25)14-6-7-14)9-8-18-22-20(23-29-18)15-10-16(26-3)19(28-5)17(11-15)27-4/h10-11,13-14H,6-9,12H2,1-5H3. The summed E-state index contributed by atoms with van der Waals surface area (Å²) in [6, 6.07) is 3.55. The normalized spacial score (nSPS) is 13.4. The van der Waals surface area contributed by atoms with Gasteiger partial charge >= 0.3 is 0 Å². The van der Waals surface area contributed by atoms with E-state index in [2.05, 4.69) is 24.0 Å². The first kappa shape index (κ1) is 21.0. The molecule has 0 saturated heterocycles. The Kier molecular flexibility index (Phi) is 6.61. The van der Waals surface area contributed by atoms with Gasteiger partial charge in [-0.2, -0.15) is 4.98 Å². The van der Waals surface area contributed by atoms with E-state index >= 15 is 0 Å². The number of aromatic nitrogens is 2. The number of hydrogen-bond acceptors (Lipinski definition) is 7. The number of ether oxygens (including phenoxy) is 3. The summed E-state index contributed by atoms with van der Waals surface area (Å²) in [5, 5.41) is 4.08. The fraction of sp³-hybridized carbons (Fsp3) is 0.571. The van der Waals surface area contributed by atoms with Crippen molar-refractivity contribution in [2.24, 2.45) is 11.8 Å². The highest BCUT2D eigenvalue weighted by molar-refractivity contribution is 5.81. The molecule has 3 rings (SSSR count). The van der Waals surface area contributed by atoms with Crippen molar-refractivity contribution in [1.29, 1.82) is 0 Å². The van der Waals surface area contributed by atoms with Crippen molar-refractivity contribution >= 4 is 5.91 Å². The molecule has 1 amide bonds. The third kappa shape index (κ3) is 4.99. The second-order valence-corrected chi connectivity index (χ2v) is 7.63. The van der Waals surface area contributed by atoms with Gasteiger partial charge in [0.25, 0.3) is 0 Å². The molecule has 0 atom stereocenters. The Bertz CT molecular complexity index is 820. The first-order valence-electron chi connectivity index (χ1n) is 9.88. The Morgan fingerprint density at radius 1 is 1.17 bits per heavy atom. The van der Waals surface area contributed by atoms with Crippen LogP contribution in [0.4, 0.5) is 0 Å². The van der Waals surface area contributed by atoms with Crippen LogP contribution >= 0.6 is 0 Å². The zero-order chi connectivity index (χ0) is 21.0. The van der Waals surface area contributed by atoms with Crippen molar-refractivity contribution in [2.45, 2.75) is 33.1 Å². The highest BCUT2D eigenvalue weighted by atomic mass is 16.5. The third-order valence-corrected chi connectivity index (χ3v) is 4.81. The van der Waals surface area contributed by atoms with Gasteiger partial charge in [-0.25, -0.2) is 0 Å². The molecule has 8 nitrogen and oxygen atoms in total. The molecule has 2 aromatic rings. The summed E-state index contributed by atoms with van der Waals surface area (Å²) >= 11 is 0. The van der Waals surface area contributed by atoms with Crippen LogP contribution in [-0.4, -0.2) is 55.4 Å². The van der Waals surface area contributed by atoms with E-state index in [0.717, 1.165) is 19.4 Å². The smallest absolute Gasteiger partial charge is 0.228 e. The van der Waals surface area contributed by atoms with Crippen LogP contribution in [0.3, 0.4) is 0 Å². The largest absolute Gasteiger partial charge is 0.493 e. The number of hydrogen-bond donors (Lipinski definition) is 0. The first-order chi connectivity index (χ1) is 14.0. The zero-order valence-electron chi connectivity index (χ0n) is 17.7. The minimum Gasteiger partial charge on any atom is -0.493 e. The molecule has 1 aliphatic rings. The van der Waals surface area contributed by atoms with Gasteiger partial charge in [0.05, 0.1) is 21.3 Å². The number of amides is 1. The van der Waals surface area contributed by atoms with Crippen LogP contribution in [0.5, 0.6) is 17.2 Å². The number of rotatable bonds is 10. The van der Waals surface area contributed by atoms with E-state index in [1.807, 2.05) is 4.90 Å². The summed E-state index contributed by atoms with van der Waals surface area (Å²) < 4.78 is 21.5. The van der Waals surface area contributed by atoms with E-state index in [1.165, 1.54) is 0 Å². The zero-order valence-corrected chi connectivity index (χ0v) is 17.7. The van der Waals surface area contributed by atoms with Crippen LogP contribution in [0.15, 0.2) is 16.7 Å². The fourth-order valence-corrected chi connectivity index (χ4v) is 3.24. The van der Waals surface area contributed by atoms with E-state index in [4.69, 9.17) is 18.7 Å². The monoisotopic (exact) mass is 403 g/mol. The quantitative estimate of drug-likeness (QED) is 0.602. The molecule has 0 N–H and O–H groups in total. The first-order valence-corrected chi connectivity index (χ1v) is 9.88. The van der Waals surface area contributed by atoms with Crippen LogP contribution in [0.25, 0.3) is 11.4 Å². The molecule has 1 aromatic carbocycles. The third-order valence-electron chi connectivity index (χ3n) is 4.81. The van der Waals surface area contributed by atoms with E-state index in [0.29, 0.717) is 53.4 Å². The Balaban J connectivity index is 1.74. The SMILES string of the molecule is COc1cc(-c2noc(CCN(CC(C)C)C(=O)C3CC3)n2)cc(OC)c1OC. The van der Waals surface area contributed by atoms with E-state index < -0.39 is 0 Å². The lowest BCUT2D eigenvalue weighted by Gasteiger charge is -2.24. The molecule has 1 fully saturated rings. The maximum Gasteiger partial charge on any atom is 0.228 e. The highest BCUT2D eigenvalue weighted by Gasteiger charge is 2.33. The number of methoxy groups -OCH3 is 3. The maximum absolute atomic E-state index is 12.5. The Morgan fingerprint density at radius 3 is 2.34 bits per heavy atom. The van der Waals surface area contributed by atoms with Crippen LogP contribution in [0, 0.1) is 11.8 Å². The summed E-state index contributed by atoms with van der Waals surface area (Å²) in [5.41, 5.74) is 0.697. The Hall–Kier alpha value is -2.77. The lowest BCUT2D eigenvalue weighted by atomic mass is 10.1. The molecule has 0 aliphatic heterocycles. The lowest BCUT2D eigenvalue weighted by Crippen LogP contribution is -2.36.